The van der Waals surface area contributed by atoms with Gasteiger partial charge in [0.1, 0.15) is 11.7 Å². The second-order valence-electron chi connectivity index (χ2n) is 3.77. The van der Waals surface area contributed by atoms with Crippen LogP contribution >= 0.6 is 0 Å². The summed E-state index contributed by atoms with van der Waals surface area (Å²) in [4.78, 5) is 21.2. The summed E-state index contributed by atoms with van der Waals surface area (Å²) in [6, 6.07) is 3.50. The highest BCUT2D eigenvalue weighted by Crippen LogP contribution is 2.25. The van der Waals surface area contributed by atoms with E-state index in [4.69, 9.17) is 9.84 Å². The molecule has 0 bridgehead atoms. The van der Waals surface area contributed by atoms with Gasteiger partial charge in [0.2, 0.25) is 0 Å². The second kappa shape index (κ2) is 5.97. The first-order valence-electron chi connectivity index (χ1n) is 5.19. The van der Waals surface area contributed by atoms with Gasteiger partial charge in [-0.3, -0.25) is 10.1 Å². The van der Waals surface area contributed by atoms with Gasteiger partial charge in [-0.2, -0.15) is 0 Å². The van der Waals surface area contributed by atoms with E-state index in [1.165, 1.54) is 19.2 Å². The third-order valence-electron chi connectivity index (χ3n) is 2.31. The molecule has 0 aliphatic carbocycles. The van der Waals surface area contributed by atoms with Crippen LogP contribution in [0.25, 0.3) is 0 Å². The van der Waals surface area contributed by atoms with Crippen molar-refractivity contribution < 1.29 is 19.6 Å². The number of aliphatic carboxylic acids is 1. The molecule has 0 aliphatic rings. The number of nitrogens with zero attached hydrogens (tertiary/aromatic N) is 1. The van der Waals surface area contributed by atoms with Crippen LogP contribution in [0.3, 0.4) is 0 Å². The molecule has 1 aromatic rings. The summed E-state index contributed by atoms with van der Waals surface area (Å²) in [6.07, 6.45) is 0. The van der Waals surface area contributed by atoms with E-state index in [2.05, 4.69) is 5.32 Å². The van der Waals surface area contributed by atoms with Crippen LogP contribution in [0.2, 0.25) is 0 Å². The van der Waals surface area contributed by atoms with Crippen molar-refractivity contribution in [1.29, 1.82) is 0 Å². The van der Waals surface area contributed by atoms with E-state index in [-0.39, 0.29) is 18.0 Å². The number of carbonyl (C=O) groups is 1. The highest BCUT2D eigenvalue weighted by molar-refractivity contribution is 5.79. The van der Waals surface area contributed by atoms with Crippen LogP contribution in [-0.4, -0.2) is 35.8 Å². The van der Waals surface area contributed by atoms with E-state index in [0.717, 1.165) is 5.56 Å². The molecule has 0 saturated heterocycles. The lowest BCUT2D eigenvalue weighted by Crippen LogP contribution is -2.33. The molecule has 18 heavy (non-hydrogen) atoms. The largest absolute Gasteiger partial charge is 0.480 e. The Morgan fingerprint density at radius 1 is 1.61 bits per heavy atom. The fraction of sp³-hybridized carbons (Fsp3) is 0.364. The molecule has 1 atom stereocenters. The van der Waals surface area contributed by atoms with Gasteiger partial charge in [0.05, 0.1) is 11.5 Å². The molecule has 0 aliphatic heterocycles. The Kier molecular flexibility index (Phi) is 4.61. The average molecular weight is 254 g/mol. The van der Waals surface area contributed by atoms with E-state index in [1.807, 2.05) is 0 Å². The molecule has 0 spiro atoms. The van der Waals surface area contributed by atoms with E-state index < -0.39 is 16.9 Å². The van der Waals surface area contributed by atoms with Crippen molar-refractivity contribution in [3.05, 3.63) is 33.9 Å². The van der Waals surface area contributed by atoms with Gasteiger partial charge in [-0.1, -0.05) is 6.07 Å². The quantitative estimate of drug-likeness (QED) is 0.588. The van der Waals surface area contributed by atoms with Crippen LogP contribution in [0.15, 0.2) is 18.2 Å². The minimum absolute atomic E-state index is 0.0830. The third kappa shape index (κ3) is 3.42. The molecule has 7 nitrogen and oxygen atoms in total. The number of hydrogen-bond acceptors (Lipinski definition) is 5. The number of nitrogens with one attached hydrogen (secondary N) is 1. The Morgan fingerprint density at radius 3 is 2.78 bits per heavy atom. The number of nitro benzene ring substituents is 1. The lowest BCUT2D eigenvalue weighted by Gasteiger charge is -2.14. The summed E-state index contributed by atoms with van der Waals surface area (Å²) in [7, 11) is 1.36. The monoisotopic (exact) mass is 254 g/mol. The number of benzene rings is 1. The molecule has 0 heterocycles. The molecule has 0 radical (unpaired) electrons. The van der Waals surface area contributed by atoms with Crippen LogP contribution in [0.1, 0.15) is 5.56 Å². The van der Waals surface area contributed by atoms with Crippen molar-refractivity contribution in [3.63, 3.8) is 0 Å². The van der Waals surface area contributed by atoms with Crippen molar-refractivity contribution in [3.8, 4) is 0 Å². The van der Waals surface area contributed by atoms with Crippen molar-refractivity contribution in [2.75, 3.05) is 19.0 Å². The molecule has 2 N–H and O–H groups in total. The number of rotatable bonds is 6. The minimum Gasteiger partial charge on any atom is -0.480 e. The molecule has 0 saturated carbocycles. The summed E-state index contributed by atoms with van der Waals surface area (Å²) >= 11 is 0. The first kappa shape index (κ1) is 13.9. The van der Waals surface area contributed by atoms with E-state index in [0.29, 0.717) is 0 Å². The Balaban J connectivity index is 3.01. The van der Waals surface area contributed by atoms with Crippen molar-refractivity contribution in [2.24, 2.45) is 0 Å². The first-order chi connectivity index (χ1) is 8.45. The summed E-state index contributed by atoms with van der Waals surface area (Å²) < 4.78 is 4.75. The number of nitro groups is 1. The maximum absolute atomic E-state index is 10.9. The maximum Gasteiger partial charge on any atom is 0.328 e. The summed E-state index contributed by atoms with van der Waals surface area (Å²) in [5, 5.41) is 22.4. The van der Waals surface area contributed by atoms with Crippen LogP contribution in [0.4, 0.5) is 11.4 Å². The smallest absolute Gasteiger partial charge is 0.328 e. The lowest BCUT2D eigenvalue weighted by atomic mass is 10.1. The third-order valence-corrected chi connectivity index (χ3v) is 2.31. The molecule has 0 amide bonds. The van der Waals surface area contributed by atoms with Crippen LogP contribution < -0.4 is 5.32 Å². The second-order valence-corrected chi connectivity index (χ2v) is 3.77. The van der Waals surface area contributed by atoms with Gasteiger partial charge in [0, 0.05) is 13.2 Å². The molecular formula is C11H14N2O5. The zero-order valence-corrected chi connectivity index (χ0v) is 10.0. The predicted molar refractivity (Wildman–Crippen MR) is 64.8 cm³/mol. The van der Waals surface area contributed by atoms with Gasteiger partial charge >= 0.3 is 5.97 Å². The molecule has 1 aromatic carbocycles. The fourth-order valence-corrected chi connectivity index (χ4v) is 1.44. The van der Waals surface area contributed by atoms with Gasteiger partial charge in [-0.05, 0) is 18.6 Å². The maximum atomic E-state index is 10.9. The Morgan fingerprint density at radius 2 is 2.28 bits per heavy atom. The van der Waals surface area contributed by atoms with E-state index >= 15 is 0 Å². The number of carboxylic acids is 1. The summed E-state index contributed by atoms with van der Waals surface area (Å²) in [5.41, 5.74) is 0.735. The van der Waals surface area contributed by atoms with Gasteiger partial charge in [-0.15, -0.1) is 0 Å². The van der Waals surface area contributed by atoms with Crippen LogP contribution in [0, 0.1) is 17.0 Å². The van der Waals surface area contributed by atoms with Crippen molar-refractivity contribution in [2.45, 2.75) is 13.0 Å². The molecule has 98 valence electrons. The number of hydrogen-bond donors (Lipinski definition) is 2. The standard InChI is InChI=1S/C11H14N2O5/c1-7-3-4-8(10(5-7)13(16)17)12-9(6-18-2)11(14)15/h3-5,9,12H,6H2,1-2H3,(H,14,15). The Hall–Kier alpha value is -2.15. The molecular weight excluding hydrogens is 240 g/mol. The summed E-state index contributed by atoms with van der Waals surface area (Å²) in [5.74, 6) is -1.13. The Bertz CT molecular complexity index is 461. The molecule has 0 aromatic heterocycles. The van der Waals surface area contributed by atoms with Crippen LogP contribution in [0.5, 0.6) is 0 Å². The minimum atomic E-state index is -1.13. The van der Waals surface area contributed by atoms with Crippen LogP contribution in [-0.2, 0) is 9.53 Å². The number of carboxylic acid groups (broad SMARTS) is 1. The number of methoxy groups -OCH3 is 1. The highest BCUT2D eigenvalue weighted by atomic mass is 16.6. The number of ether oxygens (including phenoxy) is 1. The van der Waals surface area contributed by atoms with Gasteiger partial charge < -0.3 is 15.2 Å². The molecule has 7 heteroatoms. The molecule has 1 rings (SSSR count). The first-order valence-corrected chi connectivity index (χ1v) is 5.19. The lowest BCUT2D eigenvalue weighted by molar-refractivity contribution is -0.384. The van der Waals surface area contributed by atoms with E-state index in [9.17, 15) is 14.9 Å². The Labute approximate surface area is 104 Å². The highest BCUT2D eigenvalue weighted by Gasteiger charge is 2.21. The van der Waals surface area contributed by atoms with Gasteiger partial charge in [0.15, 0.2) is 0 Å². The van der Waals surface area contributed by atoms with Crippen molar-refractivity contribution in [1.82, 2.24) is 0 Å². The van der Waals surface area contributed by atoms with Gasteiger partial charge in [-0.25, -0.2) is 4.79 Å². The summed E-state index contributed by atoms with van der Waals surface area (Å²) in [6.45, 7) is 1.64. The normalized spacial score (nSPS) is 11.9. The SMILES string of the molecule is COCC(Nc1ccc(C)cc1[N+](=O)[O-])C(=O)O. The zero-order valence-electron chi connectivity index (χ0n) is 10.0. The number of aryl methyl sites for hydroxylation is 1. The van der Waals surface area contributed by atoms with Gasteiger partial charge in [0.25, 0.3) is 5.69 Å². The average Bonchev–Trinajstić information content (AvgIpc) is 2.30. The molecule has 0 fully saturated rings. The van der Waals surface area contributed by atoms with E-state index in [1.54, 1.807) is 13.0 Å². The fourth-order valence-electron chi connectivity index (χ4n) is 1.44. The van der Waals surface area contributed by atoms with Crippen molar-refractivity contribution >= 4 is 17.3 Å². The topological polar surface area (TPSA) is 102 Å². The predicted octanol–water partition coefficient (Wildman–Crippen LogP) is 1.41. The zero-order chi connectivity index (χ0) is 13.7. The molecule has 1 unspecified atom stereocenters. The number of anilines is 1.